The lowest BCUT2D eigenvalue weighted by Crippen LogP contribution is -2.06. The molecule has 0 saturated carbocycles. The Morgan fingerprint density at radius 1 is 1.33 bits per heavy atom. The molecule has 0 radical (unpaired) electrons. The summed E-state index contributed by atoms with van der Waals surface area (Å²) in [5.41, 5.74) is -0.144. The molecule has 0 spiro atoms. The van der Waals surface area contributed by atoms with Crippen LogP contribution in [0.2, 0.25) is 0 Å². The molecule has 2 rings (SSSR count). The minimum Gasteiger partial charge on any atom is -0.475 e. The average molecular weight is 222 g/mol. The highest BCUT2D eigenvalue weighted by molar-refractivity contribution is 7.80. The van der Waals surface area contributed by atoms with Crippen LogP contribution in [0.4, 0.5) is 0 Å². The first-order valence-corrected chi connectivity index (χ1v) is 4.53. The van der Waals surface area contributed by atoms with E-state index in [-0.39, 0.29) is 16.8 Å². The van der Waals surface area contributed by atoms with Crippen LogP contribution in [-0.2, 0) is 0 Å². The Morgan fingerprint density at radius 3 is 2.73 bits per heavy atom. The zero-order valence-corrected chi connectivity index (χ0v) is 8.32. The Hall–Kier alpha value is -1.75. The highest BCUT2D eigenvalue weighted by Crippen LogP contribution is 2.16. The number of benzene rings is 1. The van der Waals surface area contributed by atoms with Gasteiger partial charge in [-0.25, -0.2) is 4.79 Å². The highest BCUT2D eigenvalue weighted by atomic mass is 32.1. The van der Waals surface area contributed by atoms with Gasteiger partial charge in [0.05, 0.1) is 5.39 Å². The summed E-state index contributed by atoms with van der Waals surface area (Å²) in [6, 6.07) is 5.66. The molecular weight excluding hydrogens is 216 g/mol. The van der Waals surface area contributed by atoms with Crippen molar-refractivity contribution in [3.05, 3.63) is 40.2 Å². The number of hydrogen-bond acceptors (Lipinski definition) is 4. The van der Waals surface area contributed by atoms with E-state index in [0.717, 1.165) is 6.07 Å². The second-order valence-electron chi connectivity index (χ2n) is 2.96. The van der Waals surface area contributed by atoms with E-state index in [2.05, 4.69) is 12.6 Å². The zero-order chi connectivity index (χ0) is 11.0. The molecule has 0 fully saturated rings. The molecule has 0 aliphatic heterocycles. The van der Waals surface area contributed by atoms with Crippen molar-refractivity contribution in [2.45, 2.75) is 4.90 Å². The molecule has 2 aromatic rings. The first-order chi connectivity index (χ1) is 7.08. The van der Waals surface area contributed by atoms with Gasteiger partial charge >= 0.3 is 5.97 Å². The lowest BCUT2D eigenvalue weighted by molar-refractivity contribution is 0.0663. The SMILES string of the molecule is O=C(O)c1cc(=O)c2ccc(S)cc2o1. The third-order valence-corrected chi connectivity index (χ3v) is 2.20. The summed E-state index contributed by atoms with van der Waals surface area (Å²) < 4.78 is 5.04. The van der Waals surface area contributed by atoms with Crippen LogP contribution in [0, 0.1) is 0 Å². The van der Waals surface area contributed by atoms with E-state index in [4.69, 9.17) is 9.52 Å². The normalized spacial score (nSPS) is 10.5. The maximum Gasteiger partial charge on any atom is 0.371 e. The van der Waals surface area contributed by atoms with E-state index in [9.17, 15) is 9.59 Å². The minimum absolute atomic E-state index is 0.229. The molecule has 5 heteroatoms. The van der Waals surface area contributed by atoms with Crippen LogP contribution in [0.3, 0.4) is 0 Å². The topological polar surface area (TPSA) is 67.5 Å². The fourth-order valence-corrected chi connectivity index (χ4v) is 1.44. The molecular formula is C10H6O4S. The van der Waals surface area contributed by atoms with Crippen LogP contribution < -0.4 is 5.43 Å². The molecule has 0 atom stereocenters. The van der Waals surface area contributed by atoms with Gasteiger partial charge in [-0.1, -0.05) is 0 Å². The minimum atomic E-state index is -1.27. The second-order valence-corrected chi connectivity index (χ2v) is 3.48. The number of rotatable bonds is 1. The molecule has 0 saturated heterocycles. The van der Waals surface area contributed by atoms with Crippen LogP contribution in [0.15, 0.2) is 38.4 Å². The van der Waals surface area contributed by atoms with E-state index >= 15 is 0 Å². The van der Waals surface area contributed by atoms with Crippen molar-refractivity contribution in [3.63, 3.8) is 0 Å². The van der Waals surface area contributed by atoms with Gasteiger partial charge in [0.25, 0.3) is 0 Å². The van der Waals surface area contributed by atoms with Crippen molar-refractivity contribution in [2.75, 3.05) is 0 Å². The number of fused-ring (bicyclic) bond motifs is 1. The molecule has 15 heavy (non-hydrogen) atoms. The van der Waals surface area contributed by atoms with Gasteiger partial charge in [0.15, 0.2) is 5.43 Å². The van der Waals surface area contributed by atoms with Crippen molar-refractivity contribution >= 4 is 29.6 Å². The summed E-state index contributed by atoms with van der Waals surface area (Å²) in [6.45, 7) is 0. The van der Waals surface area contributed by atoms with Crippen molar-refractivity contribution in [1.29, 1.82) is 0 Å². The van der Waals surface area contributed by atoms with Gasteiger partial charge in [-0.15, -0.1) is 12.6 Å². The second kappa shape index (κ2) is 3.43. The highest BCUT2D eigenvalue weighted by Gasteiger charge is 2.10. The maximum atomic E-state index is 11.5. The number of aromatic carboxylic acids is 1. The van der Waals surface area contributed by atoms with Gasteiger partial charge in [-0.3, -0.25) is 4.79 Å². The summed E-state index contributed by atoms with van der Waals surface area (Å²) in [6.07, 6.45) is 0. The maximum absolute atomic E-state index is 11.5. The van der Waals surface area contributed by atoms with Gasteiger partial charge in [0.2, 0.25) is 5.76 Å². The quantitative estimate of drug-likeness (QED) is 0.722. The van der Waals surface area contributed by atoms with Crippen molar-refractivity contribution in [2.24, 2.45) is 0 Å². The molecule has 1 aromatic heterocycles. The number of hydrogen-bond donors (Lipinski definition) is 2. The summed E-state index contributed by atoms with van der Waals surface area (Å²) in [5.74, 6) is -1.63. The fourth-order valence-electron chi connectivity index (χ4n) is 1.25. The Kier molecular flexibility index (Phi) is 2.24. The molecule has 0 aliphatic carbocycles. The Labute approximate surface area is 89.6 Å². The monoisotopic (exact) mass is 222 g/mol. The zero-order valence-electron chi connectivity index (χ0n) is 7.43. The molecule has 4 nitrogen and oxygen atoms in total. The summed E-state index contributed by atoms with van der Waals surface area (Å²) >= 11 is 4.07. The number of carbonyl (C=O) groups is 1. The molecule has 1 aromatic carbocycles. The molecule has 0 aliphatic rings. The van der Waals surface area contributed by atoms with E-state index < -0.39 is 5.97 Å². The average Bonchev–Trinajstić information content (AvgIpc) is 2.16. The first-order valence-electron chi connectivity index (χ1n) is 4.08. The largest absolute Gasteiger partial charge is 0.475 e. The van der Waals surface area contributed by atoms with Crippen molar-refractivity contribution in [1.82, 2.24) is 0 Å². The van der Waals surface area contributed by atoms with Crippen LogP contribution in [0.1, 0.15) is 10.6 Å². The van der Waals surface area contributed by atoms with Gasteiger partial charge in [-0.2, -0.15) is 0 Å². The van der Waals surface area contributed by atoms with Crippen LogP contribution in [-0.4, -0.2) is 11.1 Å². The van der Waals surface area contributed by atoms with Gasteiger partial charge in [0, 0.05) is 11.0 Å². The summed E-state index contributed by atoms with van der Waals surface area (Å²) in [4.78, 5) is 22.7. The number of carboxylic acids is 1. The van der Waals surface area contributed by atoms with E-state index in [1.807, 2.05) is 0 Å². The third kappa shape index (κ3) is 1.73. The van der Waals surface area contributed by atoms with Crippen LogP contribution in [0.5, 0.6) is 0 Å². The lowest BCUT2D eigenvalue weighted by atomic mass is 10.2. The smallest absolute Gasteiger partial charge is 0.371 e. The van der Waals surface area contributed by atoms with Gasteiger partial charge in [-0.05, 0) is 18.2 Å². The van der Waals surface area contributed by atoms with Crippen molar-refractivity contribution in [3.8, 4) is 0 Å². The van der Waals surface area contributed by atoms with Crippen molar-refractivity contribution < 1.29 is 14.3 Å². The van der Waals surface area contributed by atoms with E-state index in [1.165, 1.54) is 6.07 Å². The molecule has 0 amide bonds. The summed E-state index contributed by atoms with van der Waals surface area (Å²) in [7, 11) is 0. The molecule has 1 N–H and O–H groups in total. The third-order valence-electron chi connectivity index (χ3n) is 1.92. The first kappa shape index (κ1) is 9.79. The van der Waals surface area contributed by atoms with Crippen LogP contribution >= 0.6 is 12.6 Å². The predicted octanol–water partition coefficient (Wildman–Crippen LogP) is 1.78. The van der Waals surface area contributed by atoms with Gasteiger partial charge in [0.1, 0.15) is 5.58 Å². The van der Waals surface area contributed by atoms with Gasteiger partial charge < -0.3 is 9.52 Å². The van der Waals surface area contributed by atoms with E-state index in [1.54, 1.807) is 12.1 Å². The fraction of sp³-hybridized carbons (Fsp3) is 0. The lowest BCUT2D eigenvalue weighted by Gasteiger charge is -1.99. The molecule has 0 unspecified atom stereocenters. The molecule has 0 bridgehead atoms. The van der Waals surface area contributed by atoms with Crippen LogP contribution in [0.25, 0.3) is 11.0 Å². The number of carboxylic acid groups (broad SMARTS) is 1. The Bertz CT molecular complexity index is 600. The van der Waals surface area contributed by atoms with E-state index in [0.29, 0.717) is 10.3 Å². The summed E-state index contributed by atoms with van der Waals surface area (Å²) in [5, 5.41) is 9.03. The molecule has 76 valence electrons. The standard InChI is InChI=1S/C10H6O4S/c11-7-4-9(10(12)13)14-8-3-5(15)1-2-6(7)8/h1-4,15H,(H,12,13). The number of thiol groups is 1. The Morgan fingerprint density at radius 2 is 2.07 bits per heavy atom. The Balaban J connectivity index is 2.85. The predicted molar refractivity (Wildman–Crippen MR) is 56.7 cm³/mol. The molecule has 1 heterocycles.